The lowest BCUT2D eigenvalue weighted by atomic mass is 9.85. The van der Waals surface area contributed by atoms with E-state index in [9.17, 15) is 0 Å². The molecule has 0 aliphatic heterocycles. The molecule has 0 aliphatic rings. The van der Waals surface area contributed by atoms with Crippen molar-refractivity contribution < 1.29 is 0 Å². The summed E-state index contributed by atoms with van der Waals surface area (Å²) >= 11 is 0. The Morgan fingerprint density at radius 3 is 1.29 bits per heavy atom. The monoisotopic (exact) mass is 625 g/mol. The van der Waals surface area contributed by atoms with Crippen molar-refractivity contribution in [3.63, 3.8) is 0 Å². The highest BCUT2D eigenvalue weighted by molar-refractivity contribution is 6.05. The number of hydrogen-bond donors (Lipinski definition) is 0. The highest BCUT2D eigenvalue weighted by atomic mass is 15.1. The maximum absolute atomic E-state index is 2.41. The number of anilines is 3. The van der Waals surface area contributed by atoms with Crippen LogP contribution in [0.25, 0.3) is 54.2 Å². The molecular formula is C48H35N. The standard InChI is InChI=1S/C48H35N/c1-33(48-44-20-8-4-14-39(44)32-40-15-5-9-21-45(40)48)34-24-26-35(27-25-34)36-28-30-41(31-29-36)49(46-22-10-16-37-12-2-6-18-42(37)46)47-23-11-17-38-13-3-7-19-43(38)47/h2-33H,1H3. The van der Waals surface area contributed by atoms with Crippen molar-refractivity contribution in [2.24, 2.45) is 0 Å². The highest BCUT2D eigenvalue weighted by Crippen LogP contribution is 2.43. The van der Waals surface area contributed by atoms with E-state index in [1.54, 1.807) is 0 Å². The van der Waals surface area contributed by atoms with E-state index in [1.807, 2.05) is 0 Å². The van der Waals surface area contributed by atoms with E-state index in [0.29, 0.717) is 0 Å². The van der Waals surface area contributed by atoms with Gasteiger partial charge in [0.2, 0.25) is 0 Å². The number of fused-ring (bicyclic) bond motifs is 4. The summed E-state index contributed by atoms with van der Waals surface area (Å²) in [4.78, 5) is 2.41. The summed E-state index contributed by atoms with van der Waals surface area (Å²) in [5.74, 6) is 0.252. The molecule has 0 heterocycles. The zero-order valence-corrected chi connectivity index (χ0v) is 27.4. The van der Waals surface area contributed by atoms with Crippen LogP contribution in [0.4, 0.5) is 17.1 Å². The first-order valence-corrected chi connectivity index (χ1v) is 17.1. The number of hydrogen-bond acceptors (Lipinski definition) is 1. The molecule has 0 saturated carbocycles. The van der Waals surface area contributed by atoms with Gasteiger partial charge in [-0.25, -0.2) is 0 Å². The molecule has 0 N–H and O–H groups in total. The third-order valence-corrected chi connectivity index (χ3v) is 10.1. The van der Waals surface area contributed by atoms with Gasteiger partial charge in [-0.15, -0.1) is 0 Å². The number of benzene rings is 9. The Balaban J connectivity index is 1.10. The summed E-state index contributed by atoms with van der Waals surface area (Å²) in [6.07, 6.45) is 0. The molecular weight excluding hydrogens is 591 g/mol. The second kappa shape index (κ2) is 12.1. The first kappa shape index (κ1) is 29.0. The average Bonchev–Trinajstić information content (AvgIpc) is 3.17. The Labute approximate surface area is 287 Å². The topological polar surface area (TPSA) is 3.24 Å². The van der Waals surface area contributed by atoms with Crippen molar-refractivity contribution in [3.8, 4) is 11.1 Å². The van der Waals surface area contributed by atoms with Crippen molar-refractivity contribution in [3.05, 3.63) is 199 Å². The van der Waals surface area contributed by atoms with Gasteiger partial charge in [0.15, 0.2) is 0 Å². The van der Waals surface area contributed by atoms with Crippen LogP contribution in [0.1, 0.15) is 24.0 Å². The lowest BCUT2D eigenvalue weighted by Crippen LogP contribution is -2.11. The molecule has 1 atom stereocenters. The first-order chi connectivity index (χ1) is 24.2. The predicted octanol–water partition coefficient (Wildman–Crippen LogP) is 13.6. The van der Waals surface area contributed by atoms with E-state index < -0.39 is 0 Å². The van der Waals surface area contributed by atoms with Crippen LogP contribution in [0.5, 0.6) is 0 Å². The second-order valence-corrected chi connectivity index (χ2v) is 13.0. The fourth-order valence-corrected chi connectivity index (χ4v) is 7.66. The van der Waals surface area contributed by atoms with Crippen LogP contribution >= 0.6 is 0 Å². The van der Waals surface area contributed by atoms with Crippen molar-refractivity contribution in [2.45, 2.75) is 12.8 Å². The molecule has 0 amide bonds. The average molecular weight is 626 g/mol. The third-order valence-electron chi connectivity index (χ3n) is 10.1. The molecule has 9 aromatic rings. The van der Waals surface area contributed by atoms with Gasteiger partial charge in [0.25, 0.3) is 0 Å². The molecule has 0 fully saturated rings. The molecule has 1 unspecified atom stereocenters. The number of nitrogens with zero attached hydrogens (tertiary/aromatic N) is 1. The van der Waals surface area contributed by atoms with Gasteiger partial charge in [-0.05, 0) is 84.9 Å². The third kappa shape index (κ3) is 5.12. The maximum atomic E-state index is 2.41. The Morgan fingerprint density at radius 2 is 0.776 bits per heavy atom. The Kier molecular flexibility index (Phi) is 7.17. The van der Waals surface area contributed by atoms with Crippen LogP contribution in [-0.4, -0.2) is 0 Å². The predicted molar refractivity (Wildman–Crippen MR) is 211 cm³/mol. The molecule has 0 saturated heterocycles. The van der Waals surface area contributed by atoms with Crippen LogP contribution in [0.2, 0.25) is 0 Å². The van der Waals surface area contributed by atoms with Crippen LogP contribution in [-0.2, 0) is 0 Å². The minimum absolute atomic E-state index is 0.252. The van der Waals surface area contributed by atoms with Crippen molar-refractivity contribution in [1.82, 2.24) is 0 Å². The summed E-state index contributed by atoms with van der Waals surface area (Å²) in [5.41, 5.74) is 8.60. The largest absolute Gasteiger partial charge is 0.309 e. The summed E-state index contributed by atoms with van der Waals surface area (Å²) < 4.78 is 0. The van der Waals surface area contributed by atoms with E-state index in [0.717, 1.165) is 5.69 Å². The maximum Gasteiger partial charge on any atom is 0.0540 e. The summed E-state index contributed by atoms with van der Waals surface area (Å²) in [7, 11) is 0. The molecule has 9 rings (SSSR count). The SMILES string of the molecule is CC(c1ccc(-c2ccc(N(c3cccc4ccccc34)c3cccc4ccccc34)cc2)cc1)c1c2ccccc2cc2ccccc12. The van der Waals surface area contributed by atoms with Crippen LogP contribution < -0.4 is 4.90 Å². The van der Waals surface area contributed by atoms with Gasteiger partial charge in [-0.2, -0.15) is 0 Å². The van der Waals surface area contributed by atoms with Crippen molar-refractivity contribution in [1.29, 1.82) is 0 Å². The van der Waals surface area contributed by atoms with E-state index in [4.69, 9.17) is 0 Å². The van der Waals surface area contributed by atoms with Gasteiger partial charge in [0.1, 0.15) is 0 Å². The van der Waals surface area contributed by atoms with E-state index in [-0.39, 0.29) is 5.92 Å². The normalized spacial score (nSPS) is 12.1. The van der Waals surface area contributed by atoms with Crippen LogP contribution in [0.3, 0.4) is 0 Å². The molecule has 0 radical (unpaired) electrons. The smallest absolute Gasteiger partial charge is 0.0540 e. The summed E-state index contributed by atoms with van der Waals surface area (Å²) in [6.45, 7) is 2.34. The fourth-order valence-electron chi connectivity index (χ4n) is 7.66. The first-order valence-electron chi connectivity index (χ1n) is 17.1. The molecule has 0 aromatic heterocycles. The van der Waals surface area contributed by atoms with Gasteiger partial charge in [0, 0.05) is 22.4 Å². The lowest BCUT2D eigenvalue weighted by Gasteiger charge is -2.28. The molecule has 49 heavy (non-hydrogen) atoms. The lowest BCUT2D eigenvalue weighted by molar-refractivity contribution is 0.943. The molecule has 9 aromatic carbocycles. The zero-order chi connectivity index (χ0) is 32.7. The number of rotatable bonds is 6. The summed E-state index contributed by atoms with van der Waals surface area (Å²) in [5, 5.41) is 10.2. The molecule has 0 aliphatic carbocycles. The van der Waals surface area contributed by atoms with Crippen molar-refractivity contribution in [2.75, 3.05) is 4.90 Å². The highest BCUT2D eigenvalue weighted by Gasteiger charge is 2.19. The second-order valence-electron chi connectivity index (χ2n) is 13.0. The van der Waals surface area contributed by atoms with Gasteiger partial charge in [-0.3, -0.25) is 0 Å². The van der Waals surface area contributed by atoms with Gasteiger partial charge in [-0.1, -0.05) is 165 Å². The van der Waals surface area contributed by atoms with E-state index >= 15 is 0 Å². The molecule has 232 valence electrons. The van der Waals surface area contributed by atoms with Crippen LogP contribution in [0, 0.1) is 0 Å². The Morgan fingerprint density at radius 1 is 0.367 bits per heavy atom. The minimum Gasteiger partial charge on any atom is -0.309 e. The molecule has 0 bridgehead atoms. The fraction of sp³-hybridized carbons (Fsp3) is 0.0417. The Bertz CT molecular complexity index is 2470. The van der Waals surface area contributed by atoms with E-state index in [2.05, 4.69) is 200 Å². The molecule has 0 spiro atoms. The Hall–Kier alpha value is -6.18. The summed E-state index contributed by atoms with van der Waals surface area (Å²) in [6, 6.07) is 68.6. The molecule has 1 heteroatoms. The van der Waals surface area contributed by atoms with Gasteiger partial charge >= 0.3 is 0 Å². The van der Waals surface area contributed by atoms with Crippen LogP contribution in [0.15, 0.2) is 188 Å². The zero-order valence-electron chi connectivity index (χ0n) is 27.4. The van der Waals surface area contributed by atoms with Gasteiger partial charge < -0.3 is 4.90 Å². The van der Waals surface area contributed by atoms with E-state index in [1.165, 1.54) is 76.7 Å². The van der Waals surface area contributed by atoms with Gasteiger partial charge in [0.05, 0.1) is 11.4 Å². The quantitative estimate of drug-likeness (QED) is 0.166. The minimum atomic E-state index is 0.252. The van der Waals surface area contributed by atoms with Crippen molar-refractivity contribution >= 4 is 60.2 Å². The molecule has 1 nitrogen and oxygen atoms in total.